The Kier molecular flexibility index (Phi) is 5.84. The normalized spacial score (nSPS) is 12.4. The molecule has 0 bridgehead atoms. The van der Waals surface area contributed by atoms with Crippen molar-refractivity contribution in [3.63, 3.8) is 0 Å². The van der Waals surface area contributed by atoms with Crippen molar-refractivity contribution in [3.05, 3.63) is 180 Å². The molecule has 0 unspecified atom stereocenters. The van der Waals surface area contributed by atoms with E-state index in [0.29, 0.717) is 22.3 Å². The highest BCUT2D eigenvalue weighted by Crippen LogP contribution is 2.33. The predicted octanol–water partition coefficient (Wildman–Crippen LogP) is 11.1. The standard InChI is InChI=1S/C22H12O2.C22H14/c23-21-17-9-13-5-1-2-6-14(13)10-18(17)22(24)20-12-16-8-4-3-7-15(16)11-19(20)21;1-2-6-16-10-20-14-22-12-18-8-4-3-7-17(18)11-21(22)13-19(20)9-15(16)5-1/h1-12H;1-14H. The largest absolute Gasteiger partial charge is 0.289 e. The van der Waals surface area contributed by atoms with E-state index in [1.165, 1.54) is 43.1 Å². The molecular formula is C44H26O2. The summed E-state index contributed by atoms with van der Waals surface area (Å²) in [6.45, 7) is 0. The number of benzene rings is 9. The number of rotatable bonds is 0. The van der Waals surface area contributed by atoms with Crippen LogP contribution in [-0.4, -0.2) is 11.6 Å². The maximum atomic E-state index is 13.0. The highest BCUT2D eigenvalue weighted by Gasteiger charge is 2.30. The lowest BCUT2D eigenvalue weighted by atomic mass is 9.81. The van der Waals surface area contributed by atoms with Crippen LogP contribution in [0.25, 0.3) is 64.6 Å². The van der Waals surface area contributed by atoms with Crippen LogP contribution < -0.4 is 0 Å². The van der Waals surface area contributed by atoms with E-state index in [2.05, 4.69) is 84.9 Å². The van der Waals surface area contributed by atoms with Crippen LogP contribution in [0.15, 0.2) is 158 Å². The van der Waals surface area contributed by atoms with E-state index >= 15 is 0 Å². The van der Waals surface area contributed by atoms with Gasteiger partial charge in [0.25, 0.3) is 0 Å². The molecule has 0 fully saturated rings. The molecule has 9 aromatic carbocycles. The molecular weight excluding hydrogens is 560 g/mol. The van der Waals surface area contributed by atoms with E-state index in [-0.39, 0.29) is 11.6 Å². The lowest BCUT2D eigenvalue weighted by Gasteiger charge is -2.19. The van der Waals surface area contributed by atoms with Crippen LogP contribution in [-0.2, 0) is 0 Å². The van der Waals surface area contributed by atoms with Crippen molar-refractivity contribution in [1.29, 1.82) is 0 Å². The van der Waals surface area contributed by atoms with Crippen molar-refractivity contribution < 1.29 is 9.59 Å². The second kappa shape index (κ2) is 10.2. The van der Waals surface area contributed by atoms with Gasteiger partial charge in [0.15, 0.2) is 11.6 Å². The third-order valence-corrected chi connectivity index (χ3v) is 9.27. The second-order valence-corrected chi connectivity index (χ2v) is 12.1. The zero-order chi connectivity index (χ0) is 30.8. The van der Waals surface area contributed by atoms with Gasteiger partial charge in [0.2, 0.25) is 0 Å². The summed E-state index contributed by atoms with van der Waals surface area (Å²) in [5.74, 6) is -0.146. The summed E-state index contributed by atoms with van der Waals surface area (Å²) in [5, 5.41) is 14.3. The minimum absolute atomic E-state index is 0.0730. The first-order chi connectivity index (χ1) is 22.6. The summed E-state index contributed by atoms with van der Waals surface area (Å²) >= 11 is 0. The van der Waals surface area contributed by atoms with Gasteiger partial charge in [-0.3, -0.25) is 9.59 Å². The quantitative estimate of drug-likeness (QED) is 0.166. The minimum atomic E-state index is -0.0730. The number of hydrogen-bond donors (Lipinski definition) is 0. The monoisotopic (exact) mass is 586 g/mol. The van der Waals surface area contributed by atoms with Gasteiger partial charge >= 0.3 is 0 Å². The Morgan fingerprint density at radius 1 is 0.217 bits per heavy atom. The predicted molar refractivity (Wildman–Crippen MR) is 191 cm³/mol. The topological polar surface area (TPSA) is 34.1 Å². The molecule has 2 nitrogen and oxygen atoms in total. The van der Waals surface area contributed by atoms with E-state index in [0.717, 1.165) is 21.5 Å². The average molecular weight is 587 g/mol. The molecule has 0 radical (unpaired) electrons. The number of carbonyl (C=O) groups is 2. The number of carbonyl (C=O) groups excluding carboxylic acids is 2. The summed E-state index contributed by atoms with van der Waals surface area (Å²) in [4.78, 5) is 26.0. The van der Waals surface area contributed by atoms with Gasteiger partial charge in [0, 0.05) is 22.3 Å². The molecule has 9 aromatic rings. The van der Waals surface area contributed by atoms with Crippen molar-refractivity contribution in [2.24, 2.45) is 0 Å². The van der Waals surface area contributed by atoms with Crippen molar-refractivity contribution in [3.8, 4) is 0 Å². The van der Waals surface area contributed by atoms with Gasteiger partial charge in [0.1, 0.15) is 0 Å². The third-order valence-electron chi connectivity index (χ3n) is 9.27. The Morgan fingerprint density at radius 3 is 0.609 bits per heavy atom. The second-order valence-electron chi connectivity index (χ2n) is 12.1. The number of hydrogen-bond acceptors (Lipinski definition) is 2. The molecule has 2 heteroatoms. The SMILES string of the molecule is O=C1c2cc3ccccc3cc2C(=O)c2cc3ccccc3cc21.c1ccc2cc3cc4cc5ccccc5cc4cc3cc2c1. The number of ketones is 2. The van der Waals surface area contributed by atoms with Gasteiger partial charge < -0.3 is 0 Å². The maximum Gasteiger partial charge on any atom is 0.194 e. The van der Waals surface area contributed by atoms with Crippen LogP contribution in [0.3, 0.4) is 0 Å². The molecule has 0 atom stereocenters. The lowest BCUT2D eigenvalue weighted by molar-refractivity contribution is 0.0979. The van der Waals surface area contributed by atoms with Crippen molar-refractivity contribution in [2.75, 3.05) is 0 Å². The van der Waals surface area contributed by atoms with Crippen LogP contribution in [0.2, 0.25) is 0 Å². The zero-order valence-corrected chi connectivity index (χ0v) is 24.8. The maximum absolute atomic E-state index is 13.0. The highest BCUT2D eigenvalue weighted by atomic mass is 16.1. The Hall–Kier alpha value is -6.12. The van der Waals surface area contributed by atoms with E-state index in [1.807, 2.05) is 72.8 Å². The molecule has 0 saturated heterocycles. The average Bonchev–Trinajstić information content (AvgIpc) is 3.10. The van der Waals surface area contributed by atoms with E-state index in [1.54, 1.807) is 0 Å². The Labute approximate surface area is 265 Å². The van der Waals surface area contributed by atoms with E-state index in [4.69, 9.17) is 0 Å². The van der Waals surface area contributed by atoms with Crippen molar-refractivity contribution >= 4 is 76.2 Å². The zero-order valence-electron chi connectivity index (χ0n) is 24.8. The molecule has 0 aliphatic heterocycles. The summed E-state index contributed by atoms with van der Waals surface area (Å²) in [6, 6.07) is 53.8. The molecule has 214 valence electrons. The fourth-order valence-electron chi connectivity index (χ4n) is 6.91. The Bertz CT molecular complexity index is 2370. The summed E-state index contributed by atoms with van der Waals surface area (Å²) in [5.41, 5.74) is 2.01. The molecule has 0 amide bonds. The molecule has 0 saturated carbocycles. The molecule has 10 rings (SSSR count). The minimum Gasteiger partial charge on any atom is -0.289 e. The summed E-state index contributed by atoms with van der Waals surface area (Å²) in [7, 11) is 0. The fourth-order valence-corrected chi connectivity index (χ4v) is 6.91. The van der Waals surface area contributed by atoms with Crippen molar-refractivity contribution in [1.82, 2.24) is 0 Å². The lowest BCUT2D eigenvalue weighted by Crippen LogP contribution is -2.20. The summed E-state index contributed by atoms with van der Waals surface area (Å²) in [6.07, 6.45) is 0. The molecule has 1 aliphatic rings. The van der Waals surface area contributed by atoms with E-state index in [9.17, 15) is 9.59 Å². The van der Waals surface area contributed by atoms with E-state index < -0.39 is 0 Å². The number of fused-ring (bicyclic) bond motifs is 8. The van der Waals surface area contributed by atoms with Crippen LogP contribution in [0.4, 0.5) is 0 Å². The smallest absolute Gasteiger partial charge is 0.194 e. The van der Waals surface area contributed by atoms with Gasteiger partial charge in [-0.25, -0.2) is 0 Å². The molecule has 1 aliphatic carbocycles. The summed E-state index contributed by atoms with van der Waals surface area (Å²) < 4.78 is 0. The van der Waals surface area contributed by atoms with Crippen LogP contribution in [0.1, 0.15) is 31.8 Å². The fraction of sp³-hybridized carbons (Fsp3) is 0. The Balaban J connectivity index is 0.000000127. The molecule has 0 N–H and O–H groups in total. The van der Waals surface area contributed by atoms with Crippen molar-refractivity contribution in [2.45, 2.75) is 0 Å². The molecule has 0 spiro atoms. The van der Waals surface area contributed by atoms with Crippen LogP contribution in [0.5, 0.6) is 0 Å². The van der Waals surface area contributed by atoms with Gasteiger partial charge in [-0.05, 0) is 125 Å². The van der Waals surface area contributed by atoms with Gasteiger partial charge in [-0.15, -0.1) is 0 Å². The van der Waals surface area contributed by atoms with Gasteiger partial charge in [0.05, 0.1) is 0 Å². The van der Waals surface area contributed by atoms with Crippen LogP contribution in [0, 0.1) is 0 Å². The van der Waals surface area contributed by atoms with Gasteiger partial charge in [-0.1, -0.05) is 97.1 Å². The van der Waals surface area contributed by atoms with Crippen LogP contribution >= 0.6 is 0 Å². The molecule has 0 heterocycles. The van der Waals surface area contributed by atoms with Gasteiger partial charge in [-0.2, -0.15) is 0 Å². The first-order valence-corrected chi connectivity index (χ1v) is 15.5. The third kappa shape index (κ3) is 4.27. The Morgan fingerprint density at radius 2 is 0.391 bits per heavy atom. The first-order valence-electron chi connectivity index (χ1n) is 15.5. The molecule has 0 aromatic heterocycles. The molecule has 46 heavy (non-hydrogen) atoms. The first kappa shape index (κ1) is 26.3. The highest BCUT2D eigenvalue weighted by molar-refractivity contribution is 6.30.